The van der Waals surface area contributed by atoms with Gasteiger partial charge < -0.3 is 0 Å². The van der Waals surface area contributed by atoms with Crippen molar-refractivity contribution in [2.24, 2.45) is 0 Å². The van der Waals surface area contributed by atoms with Crippen molar-refractivity contribution in [1.82, 2.24) is 4.98 Å². The van der Waals surface area contributed by atoms with Crippen LogP contribution >= 0.6 is 0 Å². The maximum atomic E-state index is 4.11. The van der Waals surface area contributed by atoms with Gasteiger partial charge in [-0.25, -0.2) is 4.57 Å². The predicted molar refractivity (Wildman–Crippen MR) is 34.8 cm³/mol. The zero-order chi connectivity index (χ0) is 6.69. The van der Waals surface area contributed by atoms with Gasteiger partial charge in [0.2, 0.25) is 0 Å². The first-order chi connectivity index (χ1) is 4.33. The minimum atomic E-state index is 0.993. The molecule has 0 aromatic carbocycles. The third kappa shape index (κ3) is 1.49. The number of hydrogen-bond donors (Lipinski definition) is 0. The van der Waals surface area contributed by atoms with Crippen molar-refractivity contribution in [2.45, 2.75) is 20.4 Å². The Morgan fingerprint density at radius 2 is 2.44 bits per heavy atom. The first kappa shape index (κ1) is 6.20. The lowest BCUT2D eigenvalue weighted by molar-refractivity contribution is -0.696. The van der Waals surface area contributed by atoms with Crippen LogP contribution in [-0.4, -0.2) is 4.98 Å². The molecule has 0 aliphatic carbocycles. The summed E-state index contributed by atoms with van der Waals surface area (Å²) in [5, 5.41) is 0. The van der Waals surface area contributed by atoms with Crippen LogP contribution < -0.4 is 4.57 Å². The summed E-state index contributed by atoms with van der Waals surface area (Å²) in [5.74, 6) is 0. The molecule has 0 N–H and O–H groups in total. The zero-order valence-electron chi connectivity index (χ0n) is 5.83. The van der Waals surface area contributed by atoms with Crippen LogP contribution in [0.1, 0.15) is 12.6 Å². The van der Waals surface area contributed by atoms with Gasteiger partial charge in [-0.2, -0.15) is 0 Å². The quantitative estimate of drug-likeness (QED) is 0.502. The molecule has 1 heterocycles. The summed E-state index contributed by atoms with van der Waals surface area (Å²) in [7, 11) is 0. The SMILES string of the molecule is CC[n+]1ccc(C)nc1. The Morgan fingerprint density at radius 1 is 1.67 bits per heavy atom. The monoisotopic (exact) mass is 123 g/mol. The molecular formula is C7H11N2+. The van der Waals surface area contributed by atoms with E-state index in [1.165, 1.54) is 0 Å². The van der Waals surface area contributed by atoms with E-state index < -0.39 is 0 Å². The van der Waals surface area contributed by atoms with Crippen LogP contribution in [0.4, 0.5) is 0 Å². The molecule has 1 aromatic heterocycles. The molecule has 0 spiro atoms. The standard InChI is InChI=1S/C7H11N2/c1-3-9-5-4-7(2)8-6-9/h4-6H,3H2,1-2H3/q+1. The van der Waals surface area contributed by atoms with Crippen LogP contribution in [0.15, 0.2) is 18.6 Å². The van der Waals surface area contributed by atoms with E-state index in [4.69, 9.17) is 0 Å². The van der Waals surface area contributed by atoms with Gasteiger partial charge in [0.05, 0.1) is 12.7 Å². The first-order valence-electron chi connectivity index (χ1n) is 3.14. The maximum absolute atomic E-state index is 4.11. The van der Waals surface area contributed by atoms with Gasteiger partial charge >= 0.3 is 0 Å². The number of aryl methyl sites for hydroxylation is 2. The van der Waals surface area contributed by atoms with Crippen molar-refractivity contribution in [3.8, 4) is 0 Å². The minimum absolute atomic E-state index is 0.993. The van der Waals surface area contributed by atoms with Gasteiger partial charge in [-0.1, -0.05) is 4.98 Å². The summed E-state index contributed by atoms with van der Waals surface area (Å²) in [4.78, 5) is 4.11. The normalized spacial score (nSPS) is 9.56. The molecule has 1 rings (SSSR count). The van der Waals surface area contributed by atoms with Gasteiger partial charge in [-0.15, -0.1) is 0 Å². The fraction of sp³-hybridized carbons (Fsp3) is 0.429. The molecule has 1 aromatic rings. The number of rotatable bonds is 1. The summed E-state index contributed by atoms with van der Waals surface area (Å²) in [6, 6.07) is 2.00. The van der Waals surface area contributed by atoms with Gasteiger partial charge in [-0.3, -0.25) is 0 Å². The van der Waals surface area contributed by atoms with Gasteiger partial charge in [0.1, 0.15) is 0 Å². The van der Waals surface area contributed by atoms with Gasteiger partial charge in [0, 0.05) is 13.0 Å². The Bertz CT molecular complexity index is 179. The van der Waals surface area contributed by atoms with Gasteiger partial charge in [0.25, 0.3) is 6.33 Å². The second-order valence-electron chi connectivity index (χ2n) is 2.03. The smallest absolute Gasteiger partial charge is 0.237 e. The highest BCUT2D eigenvalue weighted by molar-refractivity contribution is 4.89. The minimum Gasteiger partial charge on any atom is -0.237 e. The summed E-state index contributed by atoms with van der Waals surface area (Å²) >= 11 is 0. The topological polar surface area (TPSA) is 16.8 Å². The largest absolute Gasteiger partial charge is 0.286 e. The van der Waals surface area contributed by atoms with Crippen molar-refractivity contribution in [3.05, 3.63) is 24.3 Å². The molecule has 0 bridgehead atoms. The lowest BCUT2D eigenvalue weighted by atomic mass is 10.4. The Kier molecular flexibility index (Phi) is 1.78. The fourth-order valence-corrected chi connectivity index (χ4v) is 0.637. The Morgan fingerprint density at radius 3 is 2.89 bits per heavy atom. The second kappa shape index (κ2) is 2.58. The summed E-state index contributed by atoms with van der Waals surface area (Å²) in [6.45, 7) is 5.07. The van der Waals surface area contributed by atoms with Crippen LogP contribution in [0, 0.1) is 6.92 Å². The molecule has 0 radical (unpaired) electrons. The molecule has 0 amide bonds. The van der Waals surface area contributed by atoms with Crippen molar-refractivity contribution >= 4 is 0 Å². The summed E-state index contributed by atoms with van der Waals surface area (Å²) < 4.78 is 2.03. The van der Waals surface area contributed by atoms with E-state index in [9.17, 15) is 0 Å². The average Bonchev–Trinajstić information content (AvgIpc) is 1.90. The van der Waals surface area contributed by atoms with Crippen molar-refractivity contribution < 1.29 is 4.57 Å². The predicted octanol–water partition coefficient (Wildman–Crippen LogP) is 0.697. The van der Waals surface area contributed by atoms with E-state index in [0.29, 0.717) is 0 Å². The Balaban J connectivity index is 2.88. The van der Waals surface area contributed by atoms with Crippen LogP contribution in [-0.2, 0) is 6.54 Å². The van der Waals surface area contributed by atoms with Crippen molar-refractivity contribution in [2.75, 3.05) is 0 Å². The highest BCUT2D eigenvalue weighted by Gasteiger charge is 1.92. The number of hydrogen-bond acceptors (Lipinski definition) is 1. The molecule has 0 atom stereocenters. The fourth-order valence-electron chi connectivity index (χ4n) is 0.637. The van der Waals surface area contributed by atoms with E-state index in [1.807, 2.05) is 30.1 Å². The Hall–Kier alpha value is -0.920. The highest BCUT2D eigenvalue weighted by atomic mass is 15.0. The van der Waals surface area contributed by atoms with E-state index in [1.54, 1.807) is 0 Å². The first-order valence-corrected chi connectivity index (χ1v) is 3.14. The third-order valence-electron chi connectivity index (χ3n) is 1.28. The van der Waals surface area contributed by atoms with Gasteiger partial charge in [0.15, 0.2) is 5.69 Å². The molecule has 2 nitrogen and oxygen atoms in total. The molecule has 2 heteroatoms. The van der Waals surface area contributed by atoms with Crippen LogP contribution in [0.5, 0.6) is 0 Å². The molecule has 0 aliphatic rings. The van der Waals surface area contributed by atoms with E-state index in [-0.39, 0.29) is 0 Å². The molecule has 0 aliphatic heterocycles. The second-order valence-corrected chi connectivity index (χ2v) is 2.03. The van der Waals surface area contributed by atoms with E-state index in [0.717, 1.165) is 12.2 Å². The molecule has 0 fully saturated rings. The molecule has 48 valence electrons. The third-order valence-corrected chi connectivity index (χ3v) is 1.28. The summed E-state index contributed by atoms with van der Waals surface area (Å²) in [6.07, 6.45) is 3.87. The zero-order valence-corrected chi connectivity index (χ0v) is 5.83. The van der Waals surface area contributed by atoms with E-state index >= 15 is 0 Å². The number of nitrogens with zero attached hydrogens (tertiary/aromatic N) is 2. The molecular weight excluding hydrogens is 112 g/mol. The van der Waals surface area contributed by atoms with E-state index in [2.05, 4.69) is 11.9 Å². The van der Waals surface area contributed by atoms with Crippen molar-refractivity contribution in [3.63, 3.8) is 0 Å². The van der Waals surface area contributed by atoms with Crippen molar-refractivity contribution in [1.29, 1.82) is 0 Å². The lowest BCUT2D eigenvalue weighted by Crippen LogP contribution is -2.31. The van der Waals surface area contributed by atoms with Crippen LogP contribution in [0.25, 0.3) is 0 Å². The molecule has 9 heavy (non-hydrogen) atoms. The van der Waals surface area contributed by atoms with Crippen LogP contribution in [0.3, 0.4) is 0 Å². The highest BCUT2D eigenvalue weighted by Crippen LogP contribution is 1.82. The summed E-state index contributed by atoms with van der Waals surface area (Å²) in [5.41, 5.74) is 1.07. The van der Waals surface area contributed by atoms with Crippen LogP contribution in [0.2, 0.25) is 0 Å². The molecule has 0 unspecified atom stereocenters. The maximum Gasteiger partial charge on any atom is 0.286 e. The Labute approximate surface area is 55.2 Å². The number of aromatic nitrogens is 2. The lowest BCUT2D eigenvalue weighted by Gasteiger charge is -1.89. The molecule has 0 saturated heterocycles. The van der Waals surface area contributed by atoms with Gasteiger partial charge in [-0.05, 0) is 6.92 Å². The average molecular weight is 123 g/mol. The molecule has 0 saturated carbocycles.